The van der Waals surface area contributed by atoms with Gasteiger partial charge in [-0.15, -0.1) is 0 Å². The van der Waals surface area contributed by atoms with Gasteiger partial charge in [0.1, 0.15) is 17.3 Å². The molecule has 0 aliphatic heterocycles. The zero-order chi connectivity index (χ0) is 13.3. The number of hydrogen-bond donors (Lipinski definition) is 1. The maximum atomic E-state index is 12.1. The SMILES string of the molecule is Cc1oc(C)c(C(=O)Nc2cc(Cl)ccn2)c1C. The van der Waals surface area contributed by atoms with Gasteiger partial charge in [0.05, 0.1) is 5.56 Å². The predicted octanol–water partition coefficient (Wildman–Crippen LogP) is 3.51. The molecule has 5 heteroatoms. The van der Waals surface area contributed by atoms with Crippen molar-refractivity contribution in [1.29, 1.82) is 0 Å². The Labute approximate surface area is 110 Å². The van der Waals surface area contributed by atoms with Crippen LogP contribution >= 0.6 is 11.6 Å². The van der Waals surface area contributed by atoms with Gasteiger partial charge in [-0.2, -0.15) is 0 Å². The summed E-state index contributed by atoms with van der Waals surface area (Å²) in [7, 11) is 0. The Morgan fingerprint density at radius 3 is 2.61 bits per heavy atom. The van der Waals surface area contributed by atoms with E-state index in [-0.39, 0.29) is 5.91 Å². The maximum Gasteiger partial charge on any atom is 0.260 e. The predicted molar refractivity (Wildman–Crippen MR) is 70.1 cm³/mol. The summed E-state index contributed by atoms with van der Waals surface area (Å²) in [4.78, 5) is 16.2. The van der Waals surface area contributed by atoms with E-state index in [2.05, 4.69) is 10.3 Å². The quantitative estimate of drug-likeness (QED) is 0.903. The highest BCUT2D eigenvalue weighted by atomic mass is 35.5. The summed E-state index contributed by atoms with van der Waals surface area (Å²) in [6.07, 6.45) is 1.54. The lowest BCUT2D eigenvalue weighted by Gasteiger charge is -2.04. The second-order valence-corrected chi connectivity index (χ2v) is 4.46. The Hall–Kier alpha value is -1.81. The molecule has 1 amide bonds. The van der Waals surface area contributed by atoms with Crippen LogP contribution in [-0.4, -0.2) is 10.9 Å². The number of anilines is 1. The van der Waals surface area contributed by atoms with E-state index in [9.17, 15) is 4.79 Å². The third-order valence-corrected chi connectivity index (χ3v) is 2.99. The molecule has 0 spiro atoms. The fourth-order valence-electron chi connectivity index (χ4n) is 1.78. The van der Waals surface area contributed by atoms with Gasteiger partial charge in [-0.25, -0.2) is 4.98 Å². The molecule has 0 saturated heterocycles. The van der Waals surface area contributed by atoms with Crippen molar-refractivity contribution < 1.29 is 9.21 Å². The van der Waals surface area contributed by atoms with Crippen LogP contribution in [0, 0.1) is 20.8 Å². The van der Waals surface area contributed by atoms with Crippen LogP contribution < -0.4 is 5.32 Å². The maximum absolute atomic E-state index is 12.1. The number of pyridine rings is 1. The summed E-state index contributed by atoms with van der Waals surface area (Å²) in [6, 6.07) is 3.24. The average molecular weight is 265 g/mol. The molecule has 0 fully saturated rings. The molecule has 0 bridgehead atoms. The first kappa shape index (κ1) is 12.6. The molecule has 0 aromatic carbocycles. The molecule has 0 aliphatic rings. The molecule has 0 aliphatic carbocycles. The van der Waals surface area contributed by atoms with Crippen molar-refractivity contribution in [3.63, 3.8) is 0 Å². The molecular formula is C13H13ClN2O2. The minimum absolute atomic E-state index is 0.239. The summed E-state index contributed by atoms with van der Waals surface area (Å²) in [5.41, 5.74) is 1.39. The van der Waals surface area contributed by atoms with Crippen LogP contribution in [0.15, 0.2) is 22.7 Å². The number of amides is 1. The van der Waals surface area contributed by atoms with E-state index >= 15 is 0 Å². The van der Waals surface area contributed by atoms with E-state index in [0.29, 0.717) is 22.2 Å². The summed E-state index contributed by atoms with van der Waals surface area (Å²) in [5.74, 6) is 1.53. The molecular weight excluding hydrogens is 252 g/mol. The highest BCUT2D eigenvalue weighted by Crippen LogP contribution is 2.22. The van der Waals surface area contributed by atoms with Crippen molar-refractivity contribution in [1.82, 2.24) is 4.98 Å². The Morgan fingerprint density at radius 1 is 1.33 bits per heavy atom. The smallest absolute Gasteiger partial charge is 0.260 e. The van der Waals surface area contributed by atoms with Crippen molar-refractivity contribution in [2.24, 2.45) is 0 Å². The number of nitrogens with one attached hydrogen (secondary N) is 1. The van der Waals surface area contributed by atoms with Crippen LogP contribution in [0.2, 0.25) is 5.02 Å². The van der Waals surface area contributed by atoms with Crippen molar-refractivity contribution in [2.75, 3.05) is 5.32 Å². The topological polar surface area (TPSA) is 55.1 Å². The van der Waals surface area contributed by atoms with E-state index in [0.717, 1.165) is 11.3 Å². The molecule has 2 aromatic heterocycles. The summed E-state index contributed by atoms with van der Waals surface area (Å²) in [6.45, 7) is 5.45. The first-order valence-corrected chi connectivity index (χ1v) is 5.86. The molecule has 2 heterocycles. The van der Waals surface area contributed by atoms with Crippen molar-refractivity contribution in [3.05, 3.63) is 46.0 Å². The molecule has 18 heavy (non-hydrogen) atoms. The first-order valence-electron chi connectivity index (χ1n) is 5.48. The number of aromatic nitrogens is 1. The van der Waals surface area contributed by atoms with Crippen LogP contribution in [0.4, 0.5) is 5.82 Å². The zero-order valence-electron chi connectivity index (χ0n) is 10.4. The fourth-order valence-corrected chi connectivity index (χ4v) is 1.94. The first-order chi connectivity index (χ1) is 8.49. The number of aryl methyl sites for hydroxylation is 2. The minimum Gasteiger partial charge on any atom is -0.466 e. The molecule has 1 N–H and O–H groups in total. The number of furan rings is 1. The normalized spacial score (nSPS) is 10.4. The van der Waals surface area contributed by atoms with Crippen molar-refractivity contribution in [2.45, 2.75) is 20.8 Å². The van der Waals surface area contributed by atoms with Gasteiger partial charge >= 0.3 is 0 Å². The molecule has 2 aromatic rings. The number of halogens is 1. The zero-order valence-corrected chi connectivity index (χ0v) is 11.1. The van der Waals surface area contributed by atoms with Crippen molar-refractivity contribution >= 4 is 23.3 Å². The van der Waals surface area contributed by atoms with E-state index in [1.165, 1.54) is 6.20 Å². The minimum atomic E-state index is -0.239. The van der Waals surface area contributed by atoms with Crippen LogP contribution in [-0.2, 0) is 0 Å². The summed E-state index contributed by atoms with van der Waals surface area (Å²) < 4.78 is 5.42. The third-order valence-electron chi connectivity index (χ3n) is 2.75. The second kappa shape index (κ2) is 4.82. The number of hydrogen-bond acceptors (Lipinski definition) is 3. The number of carbonyl (C=O) groups is 1. The van der Waals surface area contributed by atoms with Gasteiger partial charge in [-0.3, -0.25) is 4.79 Å². The monoisotopic (exact) mass is 264 g/mol. The lowest BCUT2D eigenvalue weighted by atomic mass is 10.1. The summed E-state index contributed by atoms with van der Waals surface area (Å²) in [5, 5.41) is 3.22. The molecule has 0 atom stereocenters. The molecule has 94 valence electrons. The van der Waals surface area contributed by atoms with Gasteiger partial charge < -0.3 is 9.73 Å². The lowest BCUT2D eigenvalue weighted by Crippen LogP contribution is -2.14. The van der Waals surface area contributed by atoms with Gasteiger partial charge in [-0.05, 0) is 32.9 Å². The van der Waals surface area contributed by atoms with Gasteiger partial charge in [0.25, 0.3) is 5.91 Å². The molecule has 0 saturated carbocycles. The highest BCUT2D eigenvalue weighted by Gasteiger charge is 2.18. The Bertz CT molecular complexity index is 605. The molecule has 0 unspecified atom stereocenters. The van der Waals surface area contributed by atoms with E-state index in [1.807, 2.05) is 13.8 Å². The number of nitrogens with zero attached hydrogens (tertiary/aromatic N) is 1. The van der Waals surface area contributed by atoms with Crippen molar-refractivity contribution in [3.8, 4) is 0 Å². The van der Waals surface area contributed by atoms with Gasteiger partial charge in [0.15, 0.2) is 0 Å². The Morgan fingerprint density at radius 2 is 2.06 bits per heavy atom. The number of carbonyl (C=O) groups excluding carboxylic acids is 1. The van der Waals surface area contributed by atoms with Crippen LogP contribution in [0.3, 0.4) is 0 Å². The van der Waals surface area contributed by atoms with Crippen LogP contribution in [0.25, 0.3) is 0 Å². The summed E-state index contributed by atoms with van der Waals surface area (Å²) >= 11 is 5.83. The number of rotatable bonds is 2. The van der Waals surface area contributed by atoms with Gasteiger partial charge in [-0.1, -0.05) is 11.6 Å². The second-order valence-electron chi connectivity index (χ2n) is 4.03. The molecule has 2 rings (SSSR count). The van der Waals surface area contributed by atoms with E-state index < -0.39 is 0 Å². The molecule has 0 radical (unpaired) electrons. The third kappa shape index (κ3) is 2.38. The van der Waals surface area contributed by atoms with Crippen LogP contribution in [0.1, 0.15) is 27.4 Å². The average Bonchev–Trinajstić information content (AvgIpc) is 2.53. The largest absolute Gasteiger partial charge is 0.466 e. The van der Waals surface area contributed by atoms with E-state index in [4.69, 9.17) is 16.0 Å². The lowest BCUT2D eigenvalue weighted by molar-refractivity contribution is 0.102. The molecule has 4 nitrogen and oxygen atoms in total. The fraction of sp³-hybridized carbons (Fsp3) is 0.231. The van der Waals surface area contributed by atoms with E-state index in [1.54, 1.807) is 19.1 Å². The Balaban J connectivity index is 2.27. The van der Waals surface area contributed by atoms with Crippen LogP contribution in [0.5, 0.6) is 0 Å². The van der Waals surface area contributed by atoms with Gasteiger partial charge in [0.2, 0.25) is 0 Å². The standard InChI is InChI=1S/C13H13ClN2O2/c1-7-8(2)18-9(3)12(7)13(17)16-11-6-10(14)4-5-15-11/h4-6H,1-3H3,(H,15,16,17). The van der Waals surface area contributed by atoms with Gasteiger partial charge in [0, 0.05) is 16.8 Å². The highest BCUT2D eigenvalue weighted by molar-refractivity contribution is 6.30. The Kier molecular flexibility index (Phi) is 3.39.